The van der Waals surface area contributed by atoms with Gasteiger partial charge in [-0.2, -0.15) is 0 Å². The number of unbranched alkanes of at least 4 members (excludes halogenated alkanes) is 11. The van der Waals surface area contributed by atoms with Crippen molar-refractivity contribution in [3.05, 3.63) is 156 Å². The number of carbonyl (C=O) groups excluding carboxylic acids is 5. The van der Waals surface area contributed by atoms with E-state index in [1.54, 1.807) is 115 Å². The van der Waals surface area contributed by atoms with Crippen molar-refractivity contribution in [3.63, 3.8) is 0 Å². The molecule has 77 heavy (non-hydrogen) atoms. The summed E-state index contributed by atoms with van der Waals surface area (Å²) in [6.45, 7) is 1.14. The van der Waals surface area contributed by atoms with Gasteiger partial charge in [-0.25, -0.2) is 19.2 Å². The number of benzene rings is 4. The van der Waals surface area contributed by atoms with E-state index in [0.29, 0.717) is 36.2 Å². The van der Waals surface area contributed by atoms with Crippen LogP contribution in [0.3, 0.4) is 0 Å². The Morgan fingerprint density at radius 1 is 0.584 bits per heavy atom. The van der Waals surface area contributed by atoms with E-state index in [1.807, 2.05) is 18.2 Å². The van der Waals surface area contributed by atoms with Crippen molar-refractivity contribution in [2.45, 2.75) is 172 Å². The second-order valence-electron chi connectivity index (χ2n) is 22.0. The van der Waals surface area contributed by atoms with Gasteiger partial charge in [0.15, 0.2) is 24.6 Å². The fraction of sp³-hybridized carbons (Fsp3) is 0.516. The van der Waals surface area contributed by atoms with Gasteiger partial charge in [0.2, 0.25) is 5.91 Å². The molecule has 7 atom stereocenters. The molecule has 2 N–H and O–H groups in total. The molecule has 0 spiro atoms. The van der Waals surface area contributed by atoms with Crippen LogP contribution < -0.4 is 5.32 Å². The summed E-state index contributed by atoms with van der Waals surface area (Å²) in [6.07, 6.45) is 16.0. The van der Waals surface area contributed by atoms with Crippen LogP contribution in [0.1, 0.15) is 170 Å². The van der Waals surface area contributed by atoms with E-state index in [1.165, 1.54) is 70.6 Å². The van der Waals surface area contributed by atoms with E-state index >= 15 is 0 Å². The minimum atomic E-state index is -1.63. The molecule has 4 aromatic rings. The maximum Gasteiger partial charge on any atom is 0.338 e. The van der Waals surface area contributed by atoms with Crippen LogP contribution in [0, 0.1) is 23.2 Å². The fourth-order valence-electron chi connectivity index (χ4n) is 12.6. The minimum absolute atomic E-state index is 0.120. The van der Waals surface area contributed by atoms with Gasteiger partial charge in [-0.3, -0.25) is 4.79 Å². The normalized spacial score (nSPS) is 25.1. The van der Waals surface area contributed by atoms with Crippen molar-refractivity contribution in [3.8, 4) is 0 Å². The summed E-state index contributed by atoms with van der Waals surface area (Å²) in [7, 11) is 0. The zero-order chi connectivity index (χ0) is 53.8. The average Bonchev–Trinajstić information content (AvgIpc) is 3.51. The lowest BCUT2D eigenvalue weighted by molar-refractivity contribution is -0.300. The van der Waals surface area contributed by atoms with Gasteiger partial charge in [0.05, 0.1) is 41.5 Å². The molecule has 0 aromatic heterocycles. The van der Waals surface area contributed by atoms with Gasteiger partial charge < -0.3 is 38.8 Å². The van der Waals surface area contributed by atoms with Crippen molar-refractivity contribution in [1.82, 2.24) is 5.32 Å². The zero-order valence-electron chi connectivity index (χ0n) is 44.8. The van der Waals surface area contributed by atoms with Crippen LogP contribution in [-0.4, -0.2) is 91.0 Å². The van der Waals surface area contributed by atoms with Gasteiger partial charge >= 0.3 is 23.9 Å². The number of esters is 4. The van der Waals surface area contributed by atoms with Crippen LogP contribution in [0.25, 0.3) is 0 Å². The van der Waals surface area contributed by atoms with Gasteiger partial charge in [-0.05, 0) is 129 Å². The van der Waals surface area contributed by atoms with Crippen molar-refractivity contribution >= 4 is 29.8 Å². The molecular weight excluding hydrogens is 975 g/mol. The first-order valence-corrected chi connectivity index (χ1v) is 28.5. The van der Waals surface area contributed by atoms with Gasteiger partial charge in [-0.1, -0.05) is 150 Å². The number of ether oxygens (including phenoxy) is 6. The van der Waals surface area contributed by atoms with Gasteiger partial charge in [-0.15, -0.1) is 0 Å². The molecule has 1 aliphatic heterocycles. The molecule has 1 heterocycles. The molecule has 0 unspecified atom stereocenters. The number of amides is 1. The monoisotopic (exact) mass is 1050 g/mol. The summed E-state index contributed by atoms with van der Waals surface area (Å²) in [5.74, 6) is -1.43. The van der Waals surface area contributed by atoms with E-state index in [2.05, 4.69) is 12.2 Å². The quantitative estimate of drug-likeness (QED) is 0.0228. The van der Waals surface area contributed by atoms with E-state index in [4.69, 9.17) is 28.4 Å². The molecule has 5 fully saturated rings. The second kappa shape index (κ2) is 29.0. The summed E-state index contributed by atoms with van der Waals surface area (Å²) >= 11 is 0. The Balaban J connectivity index is 1.08. The Labute approximate surface area is 454 Å². The largest absolute Gasteiger partial charge is 0.452 e. The van der Waals surface area contributed by atoms with Crippen molar-refractivity contribution in [1.29, 1.82) is 0 Å². The first-order chi connectivity index (χ1) is 37.6. The third-order valence-corrected chi connectivity index (χ3v) is 16.0. The number of nitrogens with one attached hydrogen (secondary N) is 1. The summed E-state index contributed by atoms with van der Waals surface area (Å²) in [4.78, 5) is 70.8. The highest BCUT2D eigenvalue weighted by Crippen LogP contribution is 2.61. The van der Waals surface area contributed by atoms with Crippen molar-refractivity contribution < 1.29 is 57.5 Å². The summed E-state index contributed by atoms with van der Waals surface area (Å²) < 4.78 is 38.0. The number of rotatable bonds is 29. The zero-order valence-corrected chi connectivity index (χ0v) is 44.8. The molecule has 13 nitrogen and oxygen atoms in total. The third kappa shape index (κ3) is 16.4. The van der Waals surface area contributed by atoms with E-state index in [9.17, 15) is 29.1 Å². The number of hydrogen-bond acceptors (Lipinski definition) is 12. The Morgan fingerprint density at radius 2 is 1.01 bits per heavy atom. The molecule has 5 aliphatic rings. The molecule has 0 radical (unpaired) electrons. The molecule has 412 valence electrons. The number of aliphatic hydroxyl groups excluding tert-OH is 1. The molecule has 9 rings (SSSR count). The highest BCUT2D eigenvalue weighted by molar-refractivity contribution is 5.91. The molecule has 1 saturated heterocycles. The Kier molecular flexibility index (Phi) is 21.5. The number of hydrogen-bond donors (Lipinski definition) is 2. The Bertz CT molecular complexity index is 2470. The lowest BCUT2D eigenvalue weighted by Crippen LogP contribution is -2.63. The molecule has 4 bridgehead atoms. The molecule has 4 aliphatic carbocycles. The van der Waals surface area contributed by atoms with Gasteiger partial charge in [0.1, 0.15) is 12.2 Å². The molecule has 4 saturated carbocycles. The number of aliphatic hydroxyl groups is 1. The minimum Gasteiger partial charge on any atom is -0.452 e. The Morgan fingerprint density at radius 3 is 1.48 bits per heavy atom. The van der Waals surface area contributed by atoms with E-state index in [-0.39, 0.29) is 34.6 Å². The van der Waals surface area contributed by atoms with Crippen LogP contribution in [-0.2, 0) is 33.2 Å². The maximum absolute atomic E-state index is 14.7. The number of carbonyl (C=O) groups is 5. The predicted octanol–water partition coefficient (Wildman–Crippen LogP) is 12.0. The van der Waals surface area contributed by atoms with Crippen molar-refractivity contribution in [2.24, 2.45) is 23.2 Å². The van der Waals surface area contributed by atoms with Gasteiger partial charge in [0.25, 0.3) is 0 Å². The predicted molar refractivity (Wildman–Crippen MR) is 292 cm³/mol. The lowest BCUT2D eigenvalue weighted by Gasteiger charge is -2.56. The average molecular weight is 1050 g/mol. The van der Waals surface area contributed by atoms with Crippen LogP contribution in [0.5, 0.6) is 0 Å². The third-order valence-electron chi connectivity index (χ3n) is 16.0. The van der Waals surface area contributed by atoms with Crippen LogP contribution >= 0.6 is 0 Å². The van der Waals surface area contributed by atoms with Crippen LogP contribution in [0.15, 0.2) is 133 Å². The highest BCUT2D eigenvalue weighted by Gasteiger charge is 2.54. The first-order valence-electron chi connectivity index (χ1n) is 28.5. The van der Waals surface area contributed by atoms with Gasteiger partial charge in [0, 0.05) is 6.42 Å². The number of allylic oxidation sites excluding steroid dienone is 1. The summed E-state index contributed by atoms with van der Waals surface area (Å²) in [6, 6.07) is 32.1. The fourth-order valence-corrected chi connectivity index (χ4v) is 12.6. The highest BCUT2D eigenvalue weighted by atomic mass is 16.7. The summed E-state index contributed by atoms with van der Waals surface area (Å²) in [5.41, 5.74) is 0.693. The van der Waals surface area contributed by atoms with Crippen molar-refractivity contribution in [2.75, 3.05) is 13.2 Å². The smallest absolute Gasteiger partial charge is 0.338 e. The standard InChI is InChI=1S/C64H79NO12/c1-2-3-4-5-6-7-8-9-10-11-12-13-26-35-53(73-59(68)48-27-18-14-19-28-48)52(65-55(67)42-64-39-45-36-46(40-64)38-47(37-45)41-64)44-72-63-58(77-62(71)51-33-24-17-25-34-51)57(76-61(70)50-31-22-16-23-32-50)56(54(43-66)74-63)75-60(69)49-29-20-15-21-30-49/h14-35,45-47,52-54,56-58,63,66H,2-13,36-44H2,1H3,(H,65,67)/b35-26+/t45?,46?,47?,52-,53+,54+,56-,57-,58+,63+,64?/m0/s1. The van der Waals surface area contributed by atoms with E-state index < -0.39 is 73.3 Å². The second-order valence-corrected chi connectivity index (χ2v) is 22.0. The molecule has 13 heteroatoms. The summed E-state index contributed by atoms with van der Waals surface area (Å²) in [5, 5.41) is 14.3. The maximum atomic E-state index is 14.7. The lowest BCUT2D eigenvalue weighted by atomic mass is 9.49. The topological polar surface area (TPSA) is 173 Å². The molecular formula is C64H79NO12. The van der Waals surface area contributed by atoms with E-state index in [0.717, 1.165) is 38.5 Å². The molecule has 1 amide bonds. The first kappa shape index (κ1) is 57.0. The Hall–Kier alpha value is -6.15. The van der Waals surface area contributed by atoms with Crippen LogP contribution in [0.4, 0.5) is 0 Å². The SMILES string of the molecule is CCCCCCCCCCCCC/C=C/[C@@H](OC(=O)c1ccccc1)[C@H](CO[C@@H]1O[C@H](CO)[C@H](OC(=O)c2ccccc2)[C@H](OC(=O)c2ccccc2)[C@H]1OC(=O)c1ccccc1)NC(=O)CC12CC3CC(CC(C3)C1)C2. The molecule has 4 aromatic carbocycles. The van der Waals surface area contributed by atoms with Crippen LogP contribution in [0.2, 0.25) is 0 Å².